The fraction of sp³-hybridized carbons (Fsp3) is 0.409. The second kappa shape index (κ2) is 10.6. The predicted octanol–water partition coefficient (Wildman–Crippen LogP) is 0.560. The van der Waals surface area contributed by atoms with Crippen LogP contribution >= 0.6 is 0 Å². The van der Waals surface area contributed by atoms with Crippen molar-refractivity contribution in [2.24, 2.45) is 5.92 Å². The van der Waals surface area contributed by atoms with Gasteiger partial charge in [-0.25, -0.2) is 9.78 Å². The summed E-state index contributed by atoms with van der Waals surface area (Å²) in [7, 11) is 0. The Bertz CT molecular complexity index is 972. The van der Waals surface area contributed by atoms with Crippen LogP contribution in [-0.2, 0) is 38.7 Å². The Morgan fingerprint density at radius 2 is 2.00 bits per heavy atom. The molecule has 2 unspecified atom stereocenters. The lowest BCUT2D eigenvalue weighted by molar-refractivity contribution is -0.140. The van der Waals surface area contributed by atoms with Gasteiger partial charge in [-0.3, -0.25) is 14.4 Å². The molecule has 1 aromatic heterocycles. The molecule has 1 aliphatic rings. The summed E-state index contributed by atoms with van der Waals surface area (Å²) in [5.74, 6) is -1.82. The number of nitrogens with zero attached hydrogens (tertiary/aromatic N) is 2. The molecule has 1 aliphatic heterocycles. The molecule has 10 heteroatoms. The van der Waals surface area contributed by atoms with E-state index in [1.54, 1.807) is 26.2 Å². The third-order valence-electron chi connectivity index (χ3n) is 5.12. The number of benzene rings is 1. The van der Waals surface area contributed by atoms with Gasteiger partial charge in [0, 0.05) is 31.9 Å². The maximum Gasteiger partial charge on any atom is 0.408 e. The highest BCUT2D eigenvalue weighted by Gasteiger charge is 2.33. The Morgan fingerprint density at radius 1 is 1.25 bits per heavy atom. The quantitative estimate of drug-likeness (QED) is 0.562. The lowest BCUT2D eigenvalue weighted by Gasteiger charge is -2.24. The normalized spacial score (nSPS) is 17.3. The van der Waals surface area contributed by atoms with Crippen molar-refractivity contribution < 1.29 is 23.9 Å². The molecule has 0 saturated carbocycles. The largest absolute Gasteiger partial charge is 0.445 e. The molecule has 2 aromatic rings. The van der Waals surface area contributed by atoms with E-state index in [1.165, 1.54) is 0 Å². The smallest absolute Gasteiger partial charge is 0.408 e. The molecule has 32 heavy (non-hydrogen) atoms. The van der Waals surface area contributed by atoms with E-state index < -0.39 is 35.8 Å². The van der Waals surface area contributed by atoms with Gasteiger partial charge in [0.05, 0.1) is 0 Å². The number of carbonyl (C=O) groups excluding carboxylic acids is 4. The van der Waals surface area contributed by atoms with Crippen LogP contribution in [0, 0.1) is 5.92 Å². The van der Waals surface area contributed by atoms with Gasteiger partial charge in [-0.05, 0) is 11.5 Å². The number of aromatic nitrogens is 2. The molecule has 0 fully saturated rings. The number of hydrogen-bond acceptors (Lipinski definition) is 6. The SMILES string of the molecule is CC(C)C(NC(=O)OCc1ccccc1)C(=O)NC1Cc2nccn2CCNC(=O)C1=O. The van der Waals surface area contributed by atoms with E-state index in [0.717, 1.165) is 5.56 Å². The number of ketones is 1. The number of amides is 3. The molecule has 1 aromatic carbocycles. The Balaban J connectivity index is 1.66. The van der Waals surface area contributed by atoms with Gasteiger partial charge in [-0.1, -0.05) is 44.2 Å². The van der Waals surface area contributed by atoms with Crippen molar-refractivity contribution in [3.8, 4) is 0 Å². The zero-order chi connectivity index (χ0) is 23.1. The van der Waals surface area contributed by atoms with E-state index in [0.29, 0.717) is 12.4 Å². The molecule has 0 radical (unpaired) electrons. The molecular formula is C22H27N5O5. The van der Waals surface area contributed by atoms with Gasteiger partial charge in [0.2, 0.25) is 11.7 Å². The fourth-order valence-electron chi connectivity index (χ4n) is 3.35. The summed E-state index contributed by atoms with van der Waals surface area (Å²) in [5.41, 5.74) is 0.811. The molecule has 3 N–H and O–H groups in total. The van der Waals surface area contributed by atoms with Crippen molar-refractivity contribution in [1.29, 1.82) is 0 Å². The fourth-order valence-corrected chi connectivity index (χ4v) is 3.35. The number of ether oxygens (including phenoxy) is 1. The molecule has 2 atom stereocenters. The van der Waals surface area contributed by atoms with Gasteiger partial charge < -0.3 is 25.3 Å². The number of rotatable bonds is 6. The van der Waals surface area contributed by atoms with E-state index >= 15 is 0 Å². The molecule has 2 heterocycles. The minimum atomic E-state index is -1.11. The van der Waals surface area contributed by atoms with Crippen LogP contribution in [-0.4, -0.2) is 51.9 Å². The van der Waals surface area contributed by atoms with Crippen LogP contribution < -0.4 is 16.0 Å². The number of alkyl carbamates (subject to hydrolysis) is 1. The van der Waals surface area contributed by atoms with E-state index in [9.17, 15) is 19.2 Å². The maximum absolute atomic E-state index is 13.0. The number of fused-ring (bicyclic) bond motifs is 1. The molecule has 3 amide bonds. The van der Waals surface area contributed by atoms with Gasteiger partial charge in [0.25, 0.3) is 5.91 Å². The Labute approximate surface area is 185 Å². The molecule has 3 rings (SSSR count). The third-order valence-corrected chi connectivity index (χ3v) is 5.12. The standard InChI is InChI=1S/C22H27N5O5/c1-14(2)18(26-22(31)32-13-15-6-4-3-5-7-15)20(29)25-16-12-17-23-8-10-27(17)11-9-24-21(30)19(16)28/h3-8,10,14,16,18H,9,11-13H2,1-2H3,(H,24,30)(H,25,29)(H,26,31). The first-order chi connectivity index (χ1) is 15.3. The zero-order valence-corrected chi connectivity index (χ0v) is 18.0. The number of nitrogens with one attached hydrogen (secondary N) is 3. The van der Waals surface area contributed by atoms with Crippen LogP contribution in [0.15, 0.2) is 42.7 Å². The molecular weight excluding hydrogens is 414 g/mol. The summed E-state index contributed by atoms with van der Waals surface area (Å²) < 4.78 is 7.02. The molecule has 0 saturated heterocycles. The lowest BCUT2D eigenvalue weighted by atomic mass is 10.0. The Morgan fingerprint density at radius 3 is 2.72 bits per heavy atom. The first-order valence-electron chi connectivity index (χ1n) is 10.4. The summed E-state index contributed by atoms with van der Waals surface area (Å²) in [5, 5.41) is 7.71. The molecule has 10 nitrogen and oxygen atoms in total. The molecule has 0 aliphatic carbocycles. The van der Waals surface area contributed by atoms with Crippen LogP contribution in [0.3, 0.4) is 0 Å². The topological polar surface area (TPSA) is 131 Å². The minimum absolute atomic E-state index is 0.0586. The van der Waals surface area contributed by atoms with Gasteiger partial charge >= 0.3 is 6.09 Å². The first-order valence-corrected chi connectivity index (χ1v) is 10.4. The zero-order valence-electron chi connectivity index (χ0n) is 18.0. The monoisotopic (exact) mass is 441 g/mol. The van der Waals surface area contributed by atoms with E-state index in [4.69, 9.17) is 4.74 Å². The van der Waals surface area contributed by atoms with Crippen LogP contribution in [0.4, 0.5) is 4.79 Å². The molecule has 170 valence electrons. The molecule has 0 spiro atoms. The van der Waals surface area contributed by atoms with Crippen molar-refractivity contribution in [1.82, 2.24) is 25.5 Å². The maximum atomic E-state index is 13.0. The van der Waals surface area contributed by atoms with Crippen molar-refractivity contribution in [2.45, 2.75) is 45.5 Å². The van der Waals surface area contributed by atoms with Crippen molar-refractivity contribution in [3.63, 3.8) is 0 Å². The minimum Gasteiger partial charge on any atom is -0.445 e. The number of carbonyl (C=O) groups is 4. The van der Waals surface area contributed by atoms with Crippen molar-refractivity contribution >= 4 is 23.7 Å². The van der Waals surface area contributed by atoms with Crippen molar-refractivity contribution in [2.75, 3.05) is 6.54 Å². The van der Waals surface area contributed by atoms with Crippen LogP contribution in [0.25, 0.3) is 0 Å². The predicted molar refractivity (Wildman–Crippen MR) is 114 cm³/mol. The average molecular weight is 441 g/mol. The second-order valence-corrected chi connectivity index (χ2v) is 7.85. The first kappa shape index (κ1) is 23.0. The van der Waals surface area contributed by atoms with E-state index in [-0.39, 0.29) is 25.5 Å². The summed E-state index contributed by atoms with van der Waals surface area (Å²) >= 11 is 0. The second-order valence-electron chi connectivity index (χ2n) is 7.85. The highest BCUT2D eigenvalue weighted by Crippen LogP contribution is 2.09. The summed E-state index contributed by atoms with van der Waals surface area (Å²) in [6, 6.07) is 7.09. The summed E-state index contributed by atoms with van der Waals surface area (Å²) in [4.78, 5) is 54.2. The summed E-state index contributed by atoms with van der Waals surface area (Å²) in [6.45, 7) is 4.32. The van der Waals surface area contributed by atoms with Crippen LogP contribution in [0.5, 0.6) is 0 Å². The number of Topliss-reactive ketones (excluding diaryl/α,β-unsaturated/α-hetero) is 1. The van der Waals surface area contributed by atoms with Gasteiger partial charge in [-0.15, -0.1) is 0 Å². The average Bonchev–Trinajstić information content (AvgIpc) is 3.22. The van der Waals surface area contributed by atoms with E-state index in [2.05, 4.69) is 20.9 Å². The highest BCUT2D eigenvalue weighted by atomic mass is 16.5. The lowest BCUT2D eigenvalue weighted by Crippen LogP contribution is -2.56. The third kappa shape index (κ3) is 5.93. The highest BCUT2D eigenvalue weighted by molar-refractivity contribution is 6.38. The van der Waals surface area contributed by atoms with Crippen LogP contribution in [0.2, 0.25) is 0 Å². The Hall–Kier alpha value is -3.69. The molecule has 0 bridgehead atoms. The summed E-state index contributed by atoms with van der Waals surface area (Å²) in [6.07, 6.45) is 2.66. The van der Waals surface area contributed by atoms with Gasteiger partial charge in [0.15, 0.2) is 0 Å². The van der Waals surface area contributed by atoms with Crippen LogP contribution in [0.1, 0.15) is 25.2 Å². The van der Waals surface area contributed by atoms with Crippen molar-refractivity contribution in [3.05, 3.63) is 54.1 Å². The van der Waals surface area contributed by atoms with Gasteiger partial charge in [-0.2, -0.15) is 0 Å². The Kier molecular flexibility index (Phi) is 7.58. The van der Waals surface area contributed by atoms with Gasteiger partial charge in [0.1, 0.15) is 24.5 Å². The number of imidazole rings is 1. The number of hydrogen-bond donors (Lipinski definition) is 3. The van der Waals surface area contributed by atoms with E-state index in [1.807, 2.05) is 34.9 Å².